The molecule has 2 heterocycles. The summed E-state index contributed by atoms with van der Waals surface area (Å²) in [5.41, 5.74) is 6.87. The summed E-state index contributed by atoms with van der Waals surface area (Å²) in [5, 5.41) is 0.774. The lowest BCUT2D eigenvalue weighted by Crippen LogP contribution is -2.44. The number of nitrogens with zero attached hydrogens (tertiary/aromatic N) is 3. The number of piperazine rings is 1. The minimum Gasteiger partial charge on any atom is -0.492 e. The van der Waals surface area contributed by atoms with E-state index in [1.165, 1.54) is 27.8 Å². The number of halogens is 1. The average Bonchev–Trinajstić information content (AvgIpc) is 2.88. The van der Waals surface area contributed by atoms with E-state index in [-0.39, 0.29) is 0 Å². The van der Waals surface area contributed by atoms with Crippen molar-refractivity contribution in [3.63, 3.8) is 0 Å². The Morgan fingerprint density at radius 2 is 1.59 bits per heavy atom. The summed E-state index contributed by atoms with van der Waals surface area (Å²) in [6.07, 6.45) is 0. The molecule has 2 aliphatic heterocycles. The van der Waals surface area contributed by atoms with Gasteiger partial charge in [0.15, 0.2) is 0 Å². The van der Waals surface area contributed by atoms with Crippen LogP contribution < -0.4 is 4.74 Å². The molecule has 0 atom stereocenters. The molecule has 1 fully saturated rings. The Bertz CT molecular complexity index is 861. The summed E-state index contributed by atoms with van der Waals surface area (Å²) in [6.45, 7) is 13.6. The van der Waals surface area contributed by atoms with Crippen LogP contribution in [0.3, 0.4) is 0 Å². The largest absolute Gasteiger partial charge is 0.492 e. The molecule has 4 nitrogen and oxygen atoms in total. The van der Waals surface area contributed by atoms with Crippen molar-refractivity contribution >= 4 is 11.6 Å². The molecule has 0 unspecified atom stereocenters. The lowest BCUT2D eigenvalue weighted by Gasteiger charge is -2.33. The topological polar surface area (TPSA) is 19.0 Å². The molecule has 0 spiro atoms. The van der Waals surface area contributed by atoms with Gasteiger partial charge in [-0.1, -0.05) is 29.3 Å². The molecule has 5 heteroatoms. The summed E-state index contributed by atoms with van der Waals surface area (Å²) in [4.78, 5) is 7.48. The fraction of sp³-hybridized carbons (Fsp3) is 0.500. The maximum absolute atomic E-state index is 6.22. The van der Waals surface area contributed by atoms with Gasteiger partial charge in [-0.15, -0.1) is 0 Å². The molecule has 29 heavy (non-hydrogen) atoms. The number of hydrogen-bond acceptors (Lipinski definition) is 4. The van der Waals surface area contributed by atoms with Crippen LogP contribution >= 0.6 is 11.6 Å². The zero-order valence-electron chi connectivity index (χ0n) is 17.9. The second-order valence-electron chi connectivity index (χ2n) is 8.60. The molecule has 0 aromatic heterocycles. The molecule has 0 aliphatic carbocycles. The van der Waals surface area contributed by atoms with E-state index >= 15 is 0 Å². The molecule has 4 rings (SSSR count). The van der Waals surface area contributed by atoms with E-state index < -0.39 is 0 Å². The second-order valence-corrected chi connectivity index (χ2v) is 9.04. The number of ether oxygens (including phenoxy) is 1. The van der Waals surface area contributed by atoms with E-state index in [1.807, 2.05) is 18.2 Å². The summed E-state index contributed by atoms with van der Waals surface area (Å²) < 4.78 is 5.95. The van der Waals surface area contributed by atoms with Crippen LogP contribution in [0.2, 0.25) is 5.02 Å². The molecule has 2 aliphatic rings. The van der Waals surface area contributed by atoms with Crippen molar-refractivity contribution in [2.45, 2.75) is 33.5 Å². The zero-order chi connectivity index (χ0) is 20.4. The minimum atomic E-state index is 0.716. The maximum Gasteiger partial charge on any atom is 0.123 e. The second kappa shape index (κ2) is 9.05. The van der Waals surface area contributed by atoms with Gasteiger partial charge in [0.25, 0.3) is 0 Å². The van der Waals surface area contributed by atoms with E-state index in [0.717, 1.165) is 63.1 Å². The highest BCUT2D eigenvalue weighted by molar-refractivity contribution is 6.30. The molecular weight excluding hydrogens is 382 g/mol. The van der Waals surface area contributed by atoms with Gasteiger partial charge in [-0.3, -0.25) is 9.80 Å². The fourth-order valence-corrected chi connectivity index (χ4v) is 4.58. The maximum atomic E-state index is 6.22. The van der Waals surface area contributed by atoms with Gasteiger partial charge in [0.2, 0.25) is 0 Å². The lowest BCUT2D eigenvalue weighted by atomic mass is 9.98. The monoisotopic (exact) mass is 413 g/mol. The van der Waals surface area contributed by atoms with E-state index in [2.05, 4.69) is 47.7 Å². The fourth-order valence-electron chi connectivity index (χ4n) is 4.38. The quantitative estimate of drug-likeness (QED) is 0.751. The predicted octanol–water partition coefficient (Wildman–Crippen LogP) is 4.10. The molecule has 0 amide bonds. The SMILES string of the molecule is Cc1cc(CN2CCN(C)CC2)c(C)c(CN2CCOc3ccc(Cl)cc3C2)c1. The van der Waals surface area contributed by atoms with Crippen molar-refractivity contribution in [2.24, 2.45) is 0 Å². The van der Waals surface area contributed by atoms with E-state index in [1.54, 1.807) is 0 Å². The van der Waals surface area contributed by atoms with Gasteiger partial charge in [0.1, 0.15) is 12.4 Å². The van der Waals surface area contributed by atoms with Crippen LogP contribution in [0.15, 0.2) is 30.3 Å². The lowest BCUT2D eigenvalue weighted by molar-refractivity contribution is 0.148. The first kappa shape index (κ1) is 20.7. The minimum absolute atomic E-state index is 0.716. The highest BCUT2D eigenvalue weighted by Crippen LogP contribution is 2.28. The Labute approximate surface area is 180 Å². The zero-order valence-corrected chi connectivity index (χ0v) is 18.6. The van der Waals surface area contributed by atoms with Gasteiger partial charge in [0.05, 0.1) is 0 Å². The van der Waals surface area contributed by atoms with Gasteiger partial charge in [-0.25, -0.2) is 0 Å². The van der Waals surface area contributed by atoms with Gasteiger partial charge in [-0.05, 0) is 55.8 Å². The Morgan fingerprint density at radius 1 is 0.897 bits per heavy atom. The number of aryl methyl sites for hydroxylation is 1. The highest BCUT2D eigenvalue weighted by atomic mass is 35.5. The Hall–Kier alpha value is -1.59. The van der Waals surface area contributed by atoms with Crippen molar-refractivity contribution in [3.05, 3.63) is 63.2 Å². The van der Waals surface area contributed by atoms with Gasteiger partial charge in [0, 0.05) is 62.9 Å². The predicted molar refractivity (Wildman–Crippen MR) is 120 cm³/mol. The Balaban J connectivity index is 1.50. The average molecular weight is 414 g/mol. The summed E-state index contributed by atoms with van der Waals surface area (Å²) >= 11 is 6.22. The first-order valence-corrected chi connectivity index (χ1v) is 11.0. The van der Waals surface area contributed by atoms with E-state index in [0.29, 0.717) is 6.61 Å². The van der Waals surface area contributed by atoms with Crippen LogP contribution in [0.5, 0.6) is 5.75 Å². The van der Waals surface area contributed by atoms with Crippen LogP contribution in [0, 0.1) is 13.8 Å². The standard InChI is InChI=1S/C24H32ClN3O/c1-18-12-20(15-27-8-6-26(3)7-9-27)19(2)21(13-18)16-28-10-11-29-24-5-4-23(25)14-22(24)17-28/h4-5,12-14H,6-11,15-17H2,1-3H3. The molecule has 0 bridgehead atoms. The molecule has 2 aromatic carbocycles. The molecule has 0 N–H and O–H groups in total. The summed E-state index contributed by atoms with van der Waals surface area (Å²) in [7, 11) is 2.21. The normalized spacial score (nSPS) is 18.9. The molecule has 0 radical (unpaired) electrons. The van der Waals surface area contributed by atoms with Crippen LogP contribution in [0.4, 0.5) is 0 Å². The van der Waals surface area contributed by atoms with Crippen LogP contribution in [-0.2, 0) is 19.6 Å². The van der Waals surface area contributed by atoms with Gasteiger partial charge >= 0.3 is 0 Å². The van der Waals surface area contributed by atoms with Crippen molar-refractivity contribution in [1.29, 1.82) is 0 Å². The third-order valence-corrected chi connectivity index (χ3v) is 6.47. The highest BCUT2D eigenvalue weighted by Gasteiger charge is 2.19. The van der Waals surface area contributed by atoms with Gasteiger partial charge < -0.3 is 9.64 Å². The number of likely N-dealkylation sites (N-methyl/N-ethyl adjacent to an activating group) is 1. The molecular formula is C24H32ClN3O. The molecule has 2 aromatic rings. The summed E-state index contributed by atoms with van der Waals surface area (Å²) in [5.74, 6) is 0.966. The van der Waals surface area contributed by atoms with E-state index in [9.17, 15) is 0 Å². The number of hydrogen-bond donors (Lipinski definition) is 0. The number of fused-ring (bicyclic) bond motifs is 1. The molecule has 0 saturated carbocycles. The van der Waals surface area contributed by atoms with Crippen LogP contribution in [0.25, 0.3) is 0 Å². The van der Waals surface area contributed by atoms with Crippen molar-refractivity contribution in [1.82, 2.24) is 14.7 Å². The third kappa shape index (κ3) is 5.13. The molecule has 156 valence electrons. The van der Waals surface area contributed by atoms with Crippen molar-refractivity contribution in [2.75, 3.05) is 46.4 Å². The summed E-state index contributed by atoms with van der Waals surface area (Å²) in [6, 6.07) is 10.7. The smallest absolute Gasteiger partial charge is 0.123 e. The first-order chi connectivity index (χ1) is 14.0. The van der Waals surface area contributed by atoms with Gasteiger partial charge in [-0.2, -0.15) is 0 Å². The van der Waals surface area contributed by atoms with E-state index in [4.69, 9.17) is 16.3 Å². The Kier molecular flexibility index (Phi) is 6.45. The molecule has 1 saturated heterocycles. The van der Waals surface area contributed by atoms with Crippen molar-refractivity contribution in [3.8, 4) is 5.75 Å². The van der Waals surface area contributed by atoms with Crippen LogP contribution in [-0.4, -0.2) is 61.1 Å². The first-order valence-electron chi connectivity index (χ1n) is 10.6. The van der Waals surface area contributed by atoms with Crippen molar-refractivity contribution < 1.29 is 4.74 Å². The Morgan fingerprint density at radius 3 is 2.31 bits per heavy atom. The van der Waals surface area contributed by atoms with Crippen LogP contribution in [0.1, 0.15) is 27.8 Å². The third-order valence-electron chi connectivity index (χ3n) is 6.23. The number of benzene rings is 2. The number of rotatable bonds is 4.